The summed E-state index contributed by atoms with van der Waals surface area (Å²) in [4.78, 5) is 0. The number of nitrogens with one attached hydrogen (secondary N) is 1. The average molecular weight is 207 g/mol. The highest BCUT2D eigenvalue weighted by atomic mass is 16.3. The largest absolute Gasteiger partial charge is 0.393 e. The van der Waals surface area contributed by atoms with Crippen molar-refractivity contribution in [2.24, 2.45) is 0 Å². The van der Waals surface area contributed by atoms with Gasteiger partial charge < -0.3 is 10.4 Å². The van der Waals surface area contributed by atoms with Crippen molar-refractivity contribution >= 4 is 5.69 Å². The second-order valence-electron chi connectivity index (χ2n) is 4.31. The Hall–Kier alpha value is -1.02. The molecule has 0 saturated carbocycles. The summed E-state index contributed by atoms with van der Waals surface area (Å²) in [6.45, 7) is 7.02. The van der Waals surface area contributed by atoms with E-state index in [-0.39, 0.29) is 6.10 Å². The molecule has 84 valence electrons. The van der Waals surface area contributed by atoms with Crippen molar-refractivity contribution in [2.45, 2.75) is 39.2 Å². The van der Waals surface area contributed by atoms with Gasteiger partial charge in [0.1, 0.15) is 0 Å². The normalized spacial score (nSPS) is 12.9. The van der Waals surface area contributed by atoms with Crippen LogP contribution in [0.2, 0.25) is 0 Å². The number of aliphatic hydroxyl groups is 1. The molecule has 1 atom stereocenters. The molecule has 0 aromatic heterocycles. The maximum absolute atomic E-state index is 9.17. The zero-order valence-corrected chi connectivity index (χ0v) is 9.83. The minimum Gasteiger partial charge on any atom is -0.393 e. The third-order valence-electron chi connectivity index (χ3n) is 2.46. The van der Waals surface area contributed by atoms with Crippen LogP contribution in [-0.4, -0.2) is 17.8 Å². The van der Waals surface area contributed by atoms with Gasteiger partial charge in [-0.2, -0.15) is 0 Å². The molecule has 1 unspecified atom stereocenters. The van der Waals surface area contributed by atoms with Crippen LogP contribution in [0.15, 0.2) is 24.3 Å². The Bertz CT molecular complexity index is 294. The Balaban J connectivity index is 2.59. The predicted octanol–water partition coefficient (Wildman–Crippen LogP) is 2.99. The van der Waals surface area contributed by atoms with Gasteiger partial charge in [-0.1, -0.05) is 32.0 Å². The van der Waals surface area contributed by atoms with Crippen molar-refractivity contribution in [3.63, 3.8) is 0 Å². The van der Waals surface area contributed by atoms with E-state index in [1.165, 1.54) is 11.3 Å². The van der Waals surface area contributed by atoms with Crippen molar-refractivity contribution in [3.8, 4) is 0 Å². The van der Waals surface area contributed by atoms with E-state index in [1.54, 1.807) is 0 Å². The quantitative estimate of drug-likeness (QED) is 0.778. The lowest BCUT2D eigenvalue weighted by atomic mass is 10.0. The van der Waals surface area contributed by atoms with Crippen LogP contribution >= 0.6 is 0 Å². The average Bonchev–Trinajstić information content (AvgIpc) is 2.17. The summed E-state index contributed by atoms with van der Waals surface area (Å²) in [5.41, 5.74) is 2.52. The van der Waals surface area contributed by atoms with Crippen molar-refractivity contribution < 1.29 is 5.11 Å². The number of para-hydroxylation sites is 1. The molecule has 1 rings (SSSR count). The van der Waals surface area contributed by atoms with E-state index in [9.17, 15) is 0 Å². The zero-order chi connectivity index (χ0) is 11.3. The summed E-state index contributed by atoms with van der Waals surface area (Å²) in [6, 6.07) is 8.35. The molecular weight excluding hydrogens is 186 g/mol. The fourth-order valence-corrected chi connectivity index (χ4v) is 1.58. The predicted molar refractivity (Wildman–Crippen MR) is 65.3 cm³/mol. The maximum Gasteiger partial charge on any atom is 0.0528 e. The van der Waals surface area contributed by atoms with E-state index < -0.39 is 0 Å². The highest BCUT2D eigenvalue weighted by Crippen LogP contribution is 2.23. The minimum atomic E-state index is -0.233. The number of hydrogen-bond acceptors (Lipinski definition) is 2. The van der Waals surface area contributed by atoms with Crippen LogP contribution in [0, 0.1) is 0 Å². The van der Waals surface area contributed by atoms with E-state index in [2.05, 4.69) is 37.4 Å². The molecule has 0 aliphatic rings. The van der Waals surface area contributed by atoms with Gasteiger partial charge in [0, 0.05) is 12.2 Å². The first-order chi connectivity index (χ1) is 7.11. The number of hydrogen-bond donors (Lipinski definition) is 2. The minimum absolute atomic E-state index is 0.233. The van der Waals surface area contributed by atoms with E-state index in [0.29, 0.717) is 5.92 Å². The van der Waals surface area contributed by atoms with Gasteiger partial charge in [0.05, 0.1) is 6.10 Å². The van der Waals surface area contributed by atoms with E-state index in [4.69, 9.17) is 5.11 Å². The Morgan fingerprint density at radius 3 is 2.47 bits per heavy atom. The maximum atomic E-state index is 9.17. The highest BCUT2D eigenvalue weighted by Gasteiger charge is 2.04. The Morgan fingerprint density at radius 2 is 1.87 bits per heavy atom. The number of aliphatic hydroxyl groups excluding tert-OH is 1. The first kappa shape index (κ1) is 12.1. The molecule has 0 spiro atoms. The molecular formula is C13H21NO. The first-order valence-corrected chi connectivity index (χ1v) is 5.62. The molecule has 0 saturated heterocycles. The summed E-state index contributed by atoms with van der Waals surface area (Å²) in [5.74, 6) is 0.528. The van der Waals surface area contributed by atoms with Crippen LogP contribution in [0.1, 0.15) is 38.7 Å². The van der Waals surface area contributed by atoms with Gasteiger partial charge in [0.2, 0.25) is 0 Å². The molecule has 1 aromatic rings. The van der Waals surface area contributed by atoms with Gasteiger partial charge in [-0.15, -0.1) is 0 Å². The third kappa shape index (κ3) is 3.92. The van der Waals surface area contributed by atoms with Gasteiger partial charge in [-0.05, 0) is 30.9 Å². The molecule has 0 bridgehead atoms. The second-order valence-corrected chi connectivity index (χ2v) is 4.31. The molecule has 0 heterocycles. The van der Waals surface area contributed by atoms with E-state index in [0.717, 1.165) is 13.0 Å². The van der Waals surface area contributed by atoms with Gasteiger partial charge in [0.25, 0.3) is 0 Å². The SMILES string of the molecule is CC(O)CCNc1ccccc1C(C)C. The van der Waals surface area contributed by atoms with Crippen molar-refractivity contribution in [3.05, 3.63) is 29.8 Å². The second kappa shape index (κ2) is 5.76. The molecule has 1 aromatic carbocycles. The summed E-state index contributed by atoms with van der Waals surface area (Å²) >= 11 is 0. The first-order valence-electron chi connectivity index (χ1n) is 5.62. The van der Waals surface area contributed by atoms with Gasteiger partial charge in [0.15, 0.2) is 0 Å². The van der Waals surface area contributed by atoms with Crippen LogP contribution in [0.25, 0.3) is 0 Å². The topological polar surface area (TPSA) is 32.3 Å². The molecule has 0 amide bonds. The Morgan fingerprint density at radius 1 is 1.20 bits per heavy atom. The van der Waals surface area contributed by atoms with Crippen LogP contribution in [0.4, 0.5) is 5.69 Å². The monoisotopic (exact) mass is 207 g/mol. The molecule has 0 aliphatic heterocycles. The molecule has 2 nitrogen and oxygen atoms in total. The molecule has 2 N–H and O–H groups in total. The summed E-state index contributed by atoms with van der Waals surface area (Å²) in [6.07, 6.45) is 0.551. The number of rotatable bonds is 5. The molecule has 2 heteroatoms. The molecule has 15 heavy (non-hydrogen) atoms. The molecule has 0 radical (unpaired) electrons. The lowest BCUT2D eigenvalue weighted by Crippen LogP contribution is -2.11. The number of anilines is 1. The summed E-state index contributed by atoms with van der Waals surface area (Å²) < 4.78 is 0. The van der Waals surface area contributed by atoms with E-state index in [1.807, 2.05) is 13.0 Å². The van der Waals surface area contributed by atoms with E-state index >= 15 is 0 Å². The van der Waals surface area contributed by atoms with Crippen LogP contribution < -0.4 is 5.32 Å². The van der Waals surface area contributed by atoms with Crippen molar-refractivity contribution in [2.75, 3.05) is 11.9 Å². The van der Waals surface area contributed by atoms with Crippen LogP contribution in [-0.2, 0) is 0 Å². The number of benzene rings is 1. The lowest BCUT2D eigenvalue weighted by molar-refractivity contribution is 0.189. The van der Waals surface area contributed by atoms with Crippen LogP contribution in [0.3, 0.4) is 0 Å². The molecule has 0 aliphatic carbocycles. The van der Waals surface area contributed by atoms with Crippen molar-refractivity contribution in [1.82, 2.24) is 0 Å². The standard InChI is InChI=1S/C13H21NO/c1-10(2)12-6-4-5-7-13(12)14-9-8-11(3)15/h4-7,10-11,14-15H,8-9H2,1-3H3. The summed E-state index contributed by atoms with van der Waals surface area (Å²) in [5, 5.41) is 12.5. The third-order valence-corrected chi connectivity index (χ3v) is 2.46. The van der Waals surface area contributed by atoms with Gasteiger partial charge >= 0.3 is 0 Å². The Labute approximate surface area is 92.3 Å². The zero-order valence-electron chi connectivity index (χ0n) is 9.83. The van der Waals surface area contributed by atoms with Gasteiger partial charge in [-0.25, -0.2) is 0 Å². The fourth-order valence-electron chi connectivity index (χ4n) is 1.58. The fraction of sp³-hybridized carbons (Fsp3) is 0.538. The van der Waals surface area contributed by atoms with Crippen LogP contribution in [0.5, 0.6) is 0 Å². The summed E-state index contributed by atoms with van der Waals surface area (Å²) in [7, 11) is 0. The Kier molecular flexibility index (Phi) is 4.63. The van der Waals surface area contributed by atoms with Crippen molar-refractivity contribution in [1.29, 1.82) is 0 Å². The van der Waals surface area contributed by atoms with Gasteiger partial charge in [-0.3, -0.25) is 0 Å². The highest BCUT2D eigenvalue weighted by molar-refractivity contribution is 5.52. The lowest BCUT2D eigenvalue weighted by Gasteiger charge is -2.14. The smallest absolute Gasteiger partial charge is 0.0528 e. The molecule has 0 fully saturated rings.